The average Bonchev–Trinajstić information content (AvgIpc) is 2.28. The molecule has 0 aliphatic heterocycles. The molecule has 0 radical (unpaired) electrons. The molecule has 0 bridgehead atoms. The number of nitrogens with one attached hydrogen (secondary N) is 1. The molecule has 5 nitrogen and oxygen atoms in total. The van der Waals surface area contributed by atoms with E-state index in [4.69, 9.17) is 17.3 Å². The number of nitrogen functional groups attached to an aromatic ring is 1. The normalized spacial score (nSPS) is 11.2. The summed E-state index contributed by atoms with van der Waals surface area (Å²) in [5, 5.41) is 0.346. The van der Waals surface area contributed by atoms with Crippen LogP contribution < -0.4 is 10.5 Å². The molecule has 0 saturated heterocycles. The Balaban J connectivity index is 2.33. The molecule has 0 aliphatic carbocycles. The molecule has 94 valence electrons. The molecule has 0 spiro atoms. The molecule has 0 amide bonds. The lowest BCUT2D eigenvalue weighted by Crippen LogP contribution is -2.14. The molecule has 0 saturated carbocycles. The zero-order chi connectivity index (χ0) is 13.2. The maximum absolute atomic E-state index is 12.0. The molecule has 18 heavy (non-hydrogen) atoms. The summed E-state index contributed by atoms with van der Waals surface area (Å²) < 4.78 is 26.4. The van der Waals surface area contributed by atoms with Crippen molar-refractivity contribution in [2.45, 2.75) is 4.90 Å². The van der Waals surface area contributed by atoms with Gasteiger partial charge in [-0.2, -0.15) is 0 Å². The van der Waals surface area contributed by atoms with Crippen LogP contribution in [0.4, 0.5) is 11.6 Å². The van der Waals surface area contributed by atoms with Crippen molar-refractivity contribution in [3.8, 4) is 0 Å². The van der Waals surface area contributed by atoms with Gasteiger partial charge in [-0.1, -0.05) is 23.7 Å². The van der Waals surface area contributed by atoms with E-state index in [2.05, 4.69) is 9.71 Å². The van der Waals surface area contributed by atoms with Crippen molar-refractivity contribution in [2.24, 2.45) is 0 Å². The number of aromatic nitrogens is 1. The van der Waals surface area contributed by atoms with E-state index in [0.717, 1.165) is 0 Å². The van der Waals surface area contributed by atoms with Gasteiger partial charge in [0.15, 0.2) is 0 Å². The molecule has 0 fully saturated rings. The zero-order valence-corrected chi connectivity index (χ0v) is 10.7. The molecule has 1 aromatic carbocycles. The fourth-order valence-corrected chi connectivity index (χ4v) is 2.64. The first kappa shape index (κ1) is 12.7. The Morgan fingerprint density at radius 2 is 1.89 bits per heavy atom. The van der Waals surface area contributed by atoms with E-state index in [1.807, 2.05) is 0 Å². The number of halogens is 1. The summed E-state index contributed by atoms with van der Waals surface area (Å²) in [6.45, 7) is 0. The van der Waals surface area contributed by atoms with Crippen LogP contribution in [0.15, 0.2) is 47.4 Å². The highest BCUT2D eigenvalue weighted by atomic mass is 35.5. The van der Waals surface area contributed by atoms with Gasteiger partial charge in [-0.25, -0.2) is 13.4 Å². The molecular formula is C11H10ClN3O2S. The summed E-state index contributed by atoms with van der Waals surface area (Å²) in [5.41, 5.74) is 5.47. The Labute approximate surface area is 110 Å². The number of rotatable bonds is 3. The van der Waals surface area contributed by atoms with Crippen LogP contribution in [0.5, 0.6) is 0 Å². The van der Waals surface area contributed by atoms with Crippen molar-refractivity contribution in [1.29, 1.82) is 0 Å². The molecule has 7 heteroatoms. The zero-order valence-electron chi connectivity index (χ0n) is 9.17. The maximum Gasteiger partial charge on any atom is 0.263 e. The minimum absolute atomic E-state index is 0.0687. The second-order valence-corrected chi connectivity index (χ2v) is 5.63. The molecule has 2 aromatic rings. The predicted molar refractivity (Wildman–Crippen MR) is 70.9 cm³/mol. The summed E-state index contributed by atoms with van der Waals surface area (Å²) in [4.78, 5) is 3.93. The van der Waals surface area contributed by atoms with Gasteiger partial charge in [0.1, 0.15) is 11.6 Å². The van der Waals surface area contributed by atoms with Crippen LogP contribution in [0.3, 0.4) is 0 Å². The maximum atomic E-state index is 12.0. The molecule has 3 N–H and O–H groups in total. The standard InChI is InChI=1S/C11H10ClN3O2S/c12-8-3-1-4-9(7-8)18(16,17)15-11-6-2-5-10(13)14-11/h1-7H,(H3,13,14,15). The van der Waals surface area contributed by atoms with Crippen molar-refractivity contribution in [1.82, 2.24) is 4.98 Å². The molecule has 0 atom stereocenters. The third-order valence-electron chi connectivity index (χ3n) is 2.12. The van der Waals surface area contributed by atoms with Gasteiger partial charge in [-0.3, -0.25) is 4.72 Å². The van der Waals surface area contributed by atoms with Crippen LogP contribution >= 0.6 is 11.6 Å². The summed E-state index contributed by atoms with van der Waals surface area (Å²) >= 11 is 5.75. The summed E-state index contributed by atoms with van der Waals surface area (Å²) in [6, 6.07) is 10.6. The molecule has 2 rings (SSSR count). The van der Waals surface area contributed by atoms with Gasteiger partial charge in [0.2, 0.25) is 0 Å². The van der Waals surface area contributed by atoms with Crippen molar-refractivity contribution >= 4 is 33.3 Å². The Bertz CT molecular complexity index is 673. The Kier molecular flexibility index (Phi) is 3.40. The monoisotopic (exact) mass is 283 g/mol. The summed E-state index contributed by atoms with van der Waals surface area (Å²) in [5.74, 6) is 0.399. The average molecular weight is 284 g/mol. The third kappa shape index (κ3) is 2.91. The highest BCUT2D eigenvalue weighted by Gasteiger charge is 2.14. The van der Waals surface area contributed by atoms with Crippen molar-refractivity contribution < 1.29 is 8.42 Å². The van der Waals surface area contributed by atoms with Gasteiger partial charge < -0.3 is 5.73 Å². The molecule has 0 aliphatic rings. The Hall–Kier alpha value is -1.79. The minimum Gasteiger partial charge on any atom is -0.384 e. The molecule has 1 aromatic heterocycles. The SMILES string of the molecule is Nc1cccc(NS(=O)(=O)c2cccc(Cl)c2)n1. The first-order valence-corrected chi connectivity index (χ1v) is 6.84. The lowest BCUT2D eigenvalue weighted by molar-refractivity contribution is 0.601. The van der Waals surface area contributed by atoms with Crippen LogP contribution in [0.2, 0.25) is 5.02 Å². The van der Waals surface area contributed by atoms with E-state index < -0.39 is 10.0 Å². The van der Waals surface area contributed by atoms with Gasteiger partial charge in [-0.15, -0.1) is 0 Å². The van der Waals surface area contributed by atoms with Gasteiger partial charge in [0.05, 0.1) is 4.90 Å². The first-order valence-electron chi connectivity index (χ1n) is 4.98. The fraction of sp³-hybridized carbons (Fsp3) is 0. The van der Waals surface area contributed by atoms with E-state index in [1.165, 1.54) is 18.2 Å². The van der Waals surface area contributed by atoms with Gasteiger partial charge >= 0.3 is 0 Å². The van der Waals surface area contributed by atoms with E-state index in [-0.39, 0.29) is 16.5 Å². The largest absolute Gasteiger partial charge is 0.384 e. The Morgan fingerprint density at radius 3 is 2.56 bits per heavy atom. The van der Waals surface area contributed by atoms with E-state index in [1.54, 1.807) is 24.3 Å². The number of hydrogen-bond acceptors (Lipinski definition) is 4. The lowest BCUT2D eigenvalue weighted by atomic mass is 10.4. The topological polar surface area (TPSA) is 85.1 Å². The van der Waals surface area contributed by atoms with Gasteiger partial charge in [0, 0.05) is 5.02 Å². The van der Waals surface area contributed by atoms with Crippen molar-refractivity contribution in [2.75, 3.05) is 10.5 Å². The third-order valence-corrected chi connectivity index (χ3v) is 3.70. The fourth-order valence-electron chi connectivity index (χ4n) is 1.34. The van der Waals surface area contributed by atoms with Crippen LogP contribution in [-0.2, 0) is 10.0 Å². The van der Waals surface area contributed by atoms with Gasteiger partial charge in [-0.05, 0) is 30.3 Å². The van der Waals surface area contributed by atoms with Crippen molar-refractivity contribution in [3.05, 3.63) is 47.5 Å². The predicted octanol–water partition coefficient (Wildman–Crippen LogP) is 2.12. The minimum atomic E-state index is -3.71. The van der Waals surface area contributed by atoms with Crippen LogP contribution in [0.1, 0.15) is 0 Å². The van der Waals surface area contributed by atoms with E-state index >= 15 is 0 Å². The van der Waals surface area contributed by atoms with Crippen molar-refractivity contribution in [3.63, 3.8) is 0 Å². The second kappa shape index (κ2) is 4.83. The lowest BCUT2D eigenvalue weighted by Gasteiger charge is -2.07. The van der Waals surface area contributed by atoms with E-state index in [9.17, 15) is 8.42 Å². The quantitative estimate of drug-likeness (QED) is 0.903. The number of pyridine rings is 1. The van der Waals surface area contributed by atoms with Crippen LogP contribution in [0.25, 0.3) is 0 Å². The number of nitrogens with zero attached hydrogens (tertiary/aromatic N) is 1. The smallest absolute Gasteiger partial charge is 0.263 e. The Morgan fingerprint density at radius 1 is 1.17 bits per heavy atom. The number of sulfonamides is 1. The molecular weight excluding hydrogens is 274 g/mol. The number of nitrogens with two attached hydrogens (primary N) is 1. The first-order chi connectivity index (χ1) is 8.47. The second-order valence-electron chi connectivity index (χ2n) is 3.51. The van der Waals surface area contributed by atoms with Crippen LogP contribution in [0, 0.1) is 0 Å². The number of benzene rings is 1. The number of hydrogen-bond donors (Lipinski definition) is 2. The van der Waals surface area contributed by atoms with E-state index in [0.29, 0.717) is 5.02 Å². The molecule has 0 unspecified atom stereocenters. The van der Waals surface area contributed by atoms with Crippen LogP contribution in [-0.4, -0.2) is 13.4 Å². The van der Waals surface area contributed by atoms with Gasteiger partial charge in [0.25, 0.3) is 10.0 Å². The highest BCUT2D eigenvalue weighted by Crippen LogP contribution is 2.18. The molecule has 1 heterocycles. The summed E-state index contributed by atoms with van der Waals surface area (Å²) in [6.07, 6.45) is 0. The highest BCUT2D eigenvalue weighted by molar-refractivity contribution is 7.92. The summed E-state index contributed by atoms with van der Waals surface area (Å²) in [7, 11) is -3.71. The number of anilines is 2.